The minimum absolute atomic E-state index is 0.0193. The minimum Gasteiger partial charge on any atom is -0.368 e. The van der Waals surface area contributed by atoms with Crippen LogP contribution in [0.25, 0.3) is 0 Å². The number of hydrogen-bond acceptors (Lipinski definition) is 2. The Morgan fingerprint density at radius 1 is 0.963 bits per heavy atom. The zero-order chi connectivity index (χ0) is 19.4. The lowest BCUT2D eigenvalue weighted by atomic mass is 10.0. The molecular weight excluding hydrogens is 334 g/mol. The van der Waals surface area contributed by atoms with Gasteiger partial charge < -0.3 is 15.1 Å². The van der Waals surface area contributed by atoms with E-state index in [0.717, 1.165) is 44.7 Å². The second kappa shape index (κ2) is 8.47. The lowest BCUT2D eigenvalue weighted by molar-refractivity contribution is 0.208. The van der Waals surface area contributed by atoms with Gasteiger partial charge >= 0.3 is 6.03 Å². The molecule has 1 heterocycles. The first-order valence-corrected chi connectivity index (χ1v) is 10.0. The van der Waals surface area contributed by atoms with E-state index in [1.165, 1.54) is 27.9 Å². The first-order chi connectivity index (χ1) is 13.0. The Balaban J connectivity index is 1.66. The highest BCUT2D eigenvalue weighted by atomic mass is 16.2. The summed E-state index contributed by atoms with van der Waals surface area (Å²) < 4.78 is 0. The van der Waals surface area contributed by atoms with Crippen LogP contribution in [0.1, 0.15) is 36.1 Å². The van der Waals surface area contributed by atoms with Crippen molar-refractivity contribution in [2.45, 2.75) is 40.5 Å². The van der Waals surface area contributed by atoms with Gasteiger partial charge in [0.15, 0.2) is 0 Å². The second-order valence-corrected chi connectivity index (χ2v) is 7.35. The van der Waals surface area contributed by atoms with Crippen LogP contribution < -0.4 is 10.2 Å². The quantitative estimate of drug-likeness (QED) is 0.846. The van der Waals surface area contributed by atoms with Gasteiger partial charge in [0.05, 0.1) is 0 Å². The van der Waals surface area contributed by atoms with Crippen LogP contribution in [0, 0.1) is 13.8 Å². The summed E-state index contributed by atoms with van der Waals surface area (Å²) in [5, 5.41) is 3.19. The molecule has 2 aromatic carbocycles. The molecular formula is C23H31N3O. The van der Waals surface area contributed by atoms with Crippen LogP contribution in [0.2, 0.25) is 0 Å². The van der Waals surface area contributed by atoms with E-state index in [9.17, 15) is 4.79 Å². The molecule has 27 heavy (non-hydrogen) atoms. The predicted molar refractivity (Wildman–Crippen MR) is 114 cm³/mol. The molecule has 1 N–H and O–H groups in total. The average molecular weight is 366 g/mol. The number of para-hydroxylation sites is 1. The van der Waals surface area contributed by atoms with E-state index in [1.54, 1.807) is 0 Å². The molecule has 0 atom stereocenters. The fraction of sp³-hybridized carbons (Fsp3) is 0.435. The molecule has 0 radical (unpaired) electrons. The van der Waals surface area contributed by atoms with Gasteiger partial charge in [-0.05, 0) is 49.4 Å². The summed E-state index contributed by atoms with van der Waals surface area (Å²) in [6.07, 6.45) is 1.84. The number of benzene rings is 2. The number of rotatable bonds is 4. The highest BCUT2D eigenvalue weighted by molar-refractivity contribution is 5.91. The van der Waals surface area contributed by atoms with Gasteiger partial charge in [0.25, 0.3) is 0 Å². The van der Waals surface area contributed by atoms with Crippen LogP contribution in [0.5, 0.6) is 0 Å². The number of urea groups is 1. The normalized spacial score (nSPS) is 14.4. The zero-order valence-corrected chi connectivity index (χ0v) is 17.0. The van der Waals surface area contributed by atoms with Crippen molar-refractivity contribution in [2.75, 3.05) is 36.4 Å². The van der Waals surface area contributed by atoms with Crippen molar-refractivity contribution in [2.24, 2.45) is 0 Å². The molecule has 1 fully saturated rings. The van der Waals surface area contributed by atoms with Gasteiger partial charge in [-0.2, -0.15) is 0 Å². The number of carbonyl (C=O) groups excluding carboxylic acids is 1. The Morgan fingerprint density at radius 2 is 1.59 bits per heavy atom. The van der Waals surface area contributed by atoms with Gasteiger partial charge in [0.1, 0.15) is 0 Å². The Labute approximate surface area is 163 Å². The summed E-state index contributed by atoms with van der Waals surface area (Å²) >= 11 is 0. The molecule has 144 valence electrons. The van der Waals surface area contributed by atoms with Crippen molar-refractivity contribution >= 4 is 17.4 Å². The molecule has 3 rings (SSSR count). The third-order valence-electron chi connectivity index (χ3n) is 5.49. The number of hydrogen-bond donors (Lipinski definition) is 1. The summed E-state index contributed by atoms with van der Waals surface area (Å²) in [5.74, 6) is 0. The van der Waals surface area contributed by atoms with E-state index >= 15 is 0 Å². The van der Waals surface area contributed by atoms with Crippen molar-refractivity contribution in [1.29, 1.82) is 0 Å². The molecule has 4 heteroatoms. The van der Waals surface area contributed by atoms with Crippen LogP contribution in [0.4, 0.5) is 16.2 Å². The number of nitrogens with one attached hydrogen (secondary N) is 1. The smallest absolute Gasteiger partial charge is 0.321 e. The number of nitrogens with zero attached hydrogens (tertiary/aromatic N) is 2. The van der Waals surface area contributed by atoms with E-state index < -0.39 is 0 Å². The number of amides is 2. The van der Waals surface area contributed by atoms with Crippen molar-refractivity contribution in [3.63, 3.8) is 0 Å². The van der Waals surface area contributed by atoms with E-state index in [4.69, 9.17) is 0 Å². The lowest BCUT2D eigenvalue weighted by Crippen LogP contribution is -2.50. The standard InChI is InChI=1S/C23H31N3O/c1-5-19-8-7-9-20(6-2)22(19)24-23(27)26-14-12-25(13-15-26)21-11-10-17(3)16-18(21)4/h7-11,16H,5-6,12-15H2,1-4H3,(H,24,27). The summed E-state index contributed by atoms with van der Waals surface area (Å²) in [7, 11) is 0. The SMILES string of the molecule is CCc1cccc(CC)c1NC(=O)N1CCN(c2ccc(C)cc2C)CC1. The van der Waals surface area contributed by atoms with Gasteiger partial charge in [0.2, 0.25) is 0 Å². The summed E-state index contributed by atoms with van der Waals surface area (Å²) in [5.41, 5.74) is 7.29. The van der Waals surface area contributed by atoms with Gasteiger partial charge in [-0.1, -0.05) is 49.7 Å². The molecule has 0 aromatic heterocycles. The molecule has 2 amide bonds. The predicted octanol–water partition coefficient (Wildman–Crippen LogP) is 4.78. The molecule has 0 bridgehead atoms. The van der Waals surface area contributed by atoms with Crippen LogP contribution in [-0.4, -0.2) is 37.1 Å². The third kappa shape index (κ3) is 4.26. The summed E-state index contributed by atoms with van der Waals surface area (Å²) in [4.78, 5) is 17.2. The largest absolute Gasteiger partial charge is 0.368 e. The Hall–Kier alpha value is -2.49. The number of carbonyl (C=O) groups is 1. The summed E-state index contributed by atoms with van der Waals surface area (Å²) in [6, 6.07) is 12.9. The van der Waals surface area contributed by atoms with Gasteiger partial charge in [-0.3, -0.25) is 0 Å². The maximum atomic E-state index is 12.9. The molecule has 2 aromatic rings. The van der Waals surface area contributed by atoms with Crippen molar-refractivity contribution in [1.82, 2.24) is 4.90 Å². The minimum atomic E-state index is 0.0193. The van der Waals surface area contributed by atoms with Crippen LogP contribution in [0.15, 0.2) is 36.4 Å². The highest BCUT2D eigenvalue weighted by Gasteiger charge is 2.23. The first-order valence-electron chi connectivity index (χ1n) is 10.0. The molecule has 0 spiro atoms. The Bertz CT molecular complexity index is 785. The van der Waals surface area contributed by atoms with E-state index in [1.807, 2.05) is 4.90 Å². The van der Waals surface area contributed by atoms with Crippen molar-refractivity contribution in [3.05, 3.63) is 58.7 Å². The fourth-order valence-corrected chi connectivity index (χ4v) is 3.90. The highest BCUT2D eigenvalue weighted by Crippen LogP contribution is 2.25. The monoisotopic (exact) mass is 365 g/mol. The molecule has 0 saturated carbocycles. The number of anilines is 2. The third-order valence-corrected chi connectivity index (χ3v) is 5.49. The molecule has 1 aliphatic rings. The van der Waals surface area contributed by atoms with Crippen molar-refractivity contribution in [3.8, 4) is 0 Å². The topological polar surface area (TPSA) is 35.6 Å². The Kier molecular flexibility index (Phi) is 6.04. The number of piperazine rings is 1. The Morgan fingerprint density at radius 3 is 2.15 bits per heavy atom. The summed E-state index contributed by atoms with van der Waals surface area (Å²) in [6.45, 7) is 11.8. The van der Waals surface area contributed by atoms with Crippen LogP contribution in [0.3, 0.4) is 0 Å². The van der Waals surface area contributed by atoms with Gasteiger partial charge in [0, 0.05) is 37.6 Å². The molecule has 4 nitrogen and oxygen atoms in total. The first kappa shape index (κ1) is 19.3. The number of aryl methyl sites for hydroxylation is 4. The van der Waals surface area contributed by atoms with Gasteiger partial charge in [-0.15, -0.1) is 0 Å². The maximum absolute atomic E-state index is 12.9. The molecule has 0 aliphatic carbocycles. The van der Waals surface area contributed by atoms with Crippen LogP contribution >= 0.6 is 0 Å². The zero-order valence-electron chi connectivity index (χ0n) is 17.0. The van der Waals surface area contributed by atoms with Crippen LogP contribution in [-0.2, 0) is 12.8 Å². The average Bonchev–Trinajstić information content (AvgIpc) is 2.68. The van der Waals surface area contributed by atoms with E-state index in [0.29, 0.717) is 0 Å². The van der Waals surface area contributed by atoms with Gasteiger partial charge in [-0.25, -0.2) is 4.79 Å². The van der Waals surface area contributed by atoms with Crippen molar-refractivity contribution < 1.29 is 4.79 Å². The van der Waals surface area contributed by atoms with E-state index in [2.05, 4.69) is 74.3 Å². The fourth-order valence-electron chi connectivity index (χ4n) is 3.90. The second-order valence-electron chi connectivity index (χ2n) is 7.35. The molecule has 0 unspecified atom stereocenters. The van der Waals surface area contributed by atoms with E-state index in [-0.39, 0.29) is 6.03 Å². The maximum Gasteiger partial charge on any atom is 0.321 e. The molecule has 1 aliphatic heterocycles. The lowest BCUT2D eigenvalue weighted by Gasteiger charge is -2.37. The molecule has 1 saturated heterocycles.